The van der Waals surface area contributed by atoms with Crippen molar-refractivity contribution in [2.45, 2.75) is 19.4 Å². The summed E-state index contributed by atoms with van der Waals surface area (Å²) in [6, 6.07) is 7.70. The number of methoxy groups -OCH3 is 1. The first-order chi connectivity index (χ1) is 7.17. The number of halogens is 1. The molecule has 0 amide bonds. The van der Waals surface area contributed by atoms with E-state index in [1.165, 1.54) is 12.7 Å². The Bertz CT molecular complexity index is 341. The van der Waals surface area contributed by atoms with E-state index >= 15 is 0 Å². The summed E-state index contributed by atoms with van der Waals surface area (Å²) in [4.78, 5) is 11.3. The number of hydrogen-bond donors (Lipinski definition) is 1. The molecule has 1 rings (SSSR count). The number of aryl methyl sites for hydroxylation is 1. The standard InChI is InChI=1S/C11H14BrNO2/c1-8-4-3-5-9(6-8)7-10(13-12)11(14)15-2/h3-6,10,13H,7H2,1-2H3. The van der Waals surface area contributed by atoms with Gasteiger partial charge < -0.3 is 4.74 Å². The first-order valence-corrected chi connectivity index (χ1v) is 5.46. The molecule has 0 heterocycles. The zero-order valence-electron chi connectivity index (χ0n) is 8.79. The number of benzene rings is 1. The number of rotatable bonds is 4. The molecule has 0 saturated heterocycles. The van der Waals surface area contributed by atoms with Crippen LogP contribution in [0, 0.1) is 6.92 Å². The third-order valence-electron chi connectivity index (χ3n) is 2.14. The van der Waals surface area contributed by atoms with Gasteiger partial charge in [-0.05, 0) is 18.9 Å². The number of carbonyl (C=O) groups excluding carboxylic acids is 1. The predicted octanol–water partition coefficient (Wildman–Crippen LogP) is 1.98. The van der Waals surface area contributed by atoms with Gasteiger partial charge in [0.25, 0.3) is 0 Å². The maximum absolute atomic E-state index is 11.3. The second-order valence-corrected chi connectivity index (χ2v) is 3.84. The fourth-order valence-electron chi connectivity index (χ4n) is 1.38. The summed E-state index contributed by atoms with van der Waals surface area (Å²) in [5, 5.41) is 0. The number of carbonyl (C=O) groups is 1. The molecule has 1 unspecified atom stereocenters. The Morgan fingerprint density at radius 2 is 2.33 bits per heavy atom. The van der Waals surface area contributed by atoms with Gasteiger partial charge in [-0.3, -0.25) is 4.79 Å². The van der Waals surface area contributed by atoms with Crippen molar-refractivity contribution >= 4 is 22.1 Å². The molecule has 0 saturated carbocycles. The van der Waals surface area contributed by atoms with Crippen LogP contribution in [0.1, 0.15) is 11.1 Å². The smallest absolute Gasteiger partial charge is 0.324 e. The third kappa shape index (κ3) is 3.64. The van der Waals surface area contributed by atoms with Gasteiger partial charge in [0, 0.05) is 16.1 Å². The average Bonchev–Trinajstić information content (AvgIpc) is 2.25. The van der Waals surface area contributed by atoms with E-state index < -0.39 is 0 Å². The molecule has 15 heavy (non-hydrogen) atoms. The van der Waals surface area contributed by atoms with Gasteiger partial charge in [-0.25, -0.2) is 4.34 Å². The van der Waals surface area contributed by atoms with Crippen LogP contribution in [0.2, 0.25) is 0 Å². The molecule has 1 aromatic carbocycles. The molecule has 0 radical (unpaired) electrons. The maximum atomic E-state index is 11.3. The van der Waals surface area contributed by atoms with Gasteiger partial charge in [-0.1, -0.05) is 29.8 Å². The number of hydrogen-bond acceptors (Lipinski definition) is 3. The molecule has 0 fully saturated rings. The van der Waals surface area contributed by atoms with E-state index in [1.807, 2.05) is 25.1 Å². The van der Waals surface area contributed by atoms with Crippen molar-refractivity contribution in [1.29, 1.82) is 0 Å². The highest BCUT2D eigenvalue weighted by molar-refractivity contribution is 9.08. The second-order valence-electron chi connectivity index (χ2n) is 3.38. The second kappa shape index (κ2) is 5.88. The molecule has 0 aliphatic carbocycles. The van der Waals surface area contributed by atoms with Gasteiger partial charge in [0.2, 0.25) is 0 Å². The fourth-order valence-corrected chi connectivity index (χ4v) is 1.73. The van der Waals surface area contributed by atoms with Crippen LogP contribution in [0.4, 0.5) is 0 Å². The molecular formula is C11H14BrNO2. The Balaban J connectivity index is 2.70. The van der Waals surface area contributed by atoms with Gasteiger partial charge >= 0.3 is 5.97 Å². The predicted molar refractivity (Wildman–Crippen MR) is 62.7 cm³/mol. The zero-order chi connectivity index (χ0) is 11.3. The van der Waals surface area contributed by atoms with Gasteiger partial charge in [0.15, 0.2) is 0 Å². The molecule has 0 spiro atoms. The highest BCUT2D eigenvalue weighted by Crippen LogP contribution is 2.08. The van der Waals surface area contributed by atoms with Crippen LogP contribution in [-0.4, -0.2) is 19.1 Å². The SMILES string of the molecule is COC(=O)C(Cc1cccc(C)c1)NBr. The first kappa shape index (κ1) is 12.2. The molecule has 1 aromatic rings. The van der Waals surface area contributed by atoms with E-state index in [4.69, 9.17) is 0 Å². The first-order valence-electron chi connectivity index (χ1n) is 4.67. The van der Waals surface area contributed by atoms with Crippen LogP contribution < -0.4 is 4.34 Å². The van der Waals surface area contributed by atoms with E-state index in [9.17, 15) is 4.79 Å². The van der Waals surface area contributed by atoms with Crippen molar-refractivity contribution in [3.8, 4) is 0 Å². The topological polar surface area (TPSA) is 38.3 Å². The highest BCUT2D eigenvalue weighted by atomic mass is 79.9. The molecule has 0 aliphatic heterocycles. The summed E-state index contributed by atoms with van der Waals surface area (Å²) in [7, 11) is 1.38. The third-order valence-corrected chi connectivity index (χ3v) is 2.69. The molecule has 82 valence electrons. The summed E-state index contributed by atoms with van der Waals surface area (Å²) < 4.78 is 7.43. The lowest BCUT2D eigenvalue weighted by Crippen LogP contribution is -2.33. The molecule has 4 heteroatoms. The average molecular weight is 272 g/mol. The van der Waals surface area contributed by atoms with Gasteiger partial charge in [0.1, 0.15) is 6.04 Å². The lowest BCUT2D eigenvalue weighted by molar-refractivity contribution is -0.142. The molecular weight excluding hydrogens is 258 g/mol. The van der Waals surface area contributed by atoms with Crippen LogP contribution in [0.5, 0.6) is 0 Å². The molecule has 0 aromatic heterocycles. The fraction of sp³-hybridized carbons (Fsp3) is 0.364. The number of nitrogens with one attached hydrogen (secondary N) is 1. The van der Waals surface area contributed by atoms with E-state index in [1.54, 1.807) is 0 Å². The van der Waals surface area contributed by atoms with Gasteiger partial charge in [-0.2, -0.15) is 0 Å². The summed E-state index contributed by atoms with van der Waals surface area (Å²) in [6.45, 7) is 2.03. The summed E-state index contributed by atoms with van der Waals surface area (Å²) in [5.74, 6) is -0.270. The number of esters is 1. The van der Waals surface area contributed by atoms with E-state index in [-0.39, 0.29) is 12.0 Å². The Morgan fingerprint density at radius 1 is 1.60 bits per heavy atom. The lowest BCUT2D eigenvalue weighted by atomic mass is 10.0. The van der Waals surface area contributed by atoms with Crippen LogP contribution in [0.3, 0.4) is 0 Å². The van der Waals surface area contributed by atoms with Crippen molar-refractivity contribution < 1.29 is 9.53 Å². The van der Waals surface area contributed by atoms with E-state index in [0.717, 1.165) is 5.56 Å². The Labute approximate surface area is 98.2 Å². The van der Waals surface area contributed by atoms with Crippen LogP contribution in [-0.2, 0) is 16.0 Å². The minimum absolute atomic E-state index is 0.270. The number of ether oxygens (including phenoxy) is 1. The van der Waals surface area contributed by atoms with Crippen LogP contribution in [0.25, 0.3) is 0 Å². The van der Waals surface area contributed by atoms with Crippen molar-refractivity contribution in [3.05, 3.63) is 35.4 Å². The lowest BCUT2D eigenvalue weighted by Gasteiger charge is -2.12. The minimum atomic E-state index is -0.350. The van der Waals surface area contributed by atoms with Crippen molar-refractivity contribution in [3.63, 3.8) is 0 Å². The normalized spacial score (nSPS) is 12.2. The molecule has 3 nitrogen and oxygen atoms in total. The molecule has 0 bridgehead atoms. The van der Waals surface area contributed by atoms with E-state index in [2.05, 4.69) is 31.3 Å². The Hall–Kier alpha value is -0.870. The Morgan fingerprint density at radius 3 is 2.87 bits per heavy atom. The van der Waals surface area contributed by atoms with Crippen LogP contribution >= 0.6 is 16.1 Å². The Kier molecular flexibility index (Phi) is 4.78. The molecule has 1 atom stereocenters. The monoisotopic (exact) mass is 271 g/mol. The van der Waals surface area contributed by atoms with Gasteiger partial charge in [-0.15, -0.1) is 0 Å². The van der Waals surface area contributed by atoms with Crippen molar-refractivity contribution in [2.24, 2.45) is 0 Å². The van der Waals surface area contributed by atoms with Gasteiger partial charge in [0.05, 0.1) is 7.11 Å². The largest absolute Gasteiger partial charge is 0.468 e. The quantitative estimate of drug-likeness (QED) is 0.672. The summed E-state index contributed by atoms with van der Waals surface area (Å²) in [5.41, 5.74) is 2.29. The minimum Gasteiger partial charge on any atom is -0.468 e. The van der Waals surface area contributed by atoms with Crippen LogP contribution in [0.15, 0.2) is 24.3 Å². The van der Waals surface area contributed by atoms with Crippen molar-refractivity contribution in [1.82, 2.24) is 4.34 Å². The zero-order valence-corrected chi connectivity index (χ0v) is 10.4. The van der Waals surface area contributed by atoms with Crippen molar-refractivity contribution in [2.75, 3.05) is 7.11 Å². The highest BCUT2D eigenvalue weighted by Gasteiger charge is 2.17. The summed E-state index contributed by atoms with van der Waals surface area (Å²) >= 11 is 3.08. The molecule has 0 aliphatic rings. The maximum Gasteiger partial charge on any atom is 0.324 e. The van der Waals surface area contributed by atoms with E-state index in [0.29, 0.717) is 6.42 Å². The molecule has 1 N–H and O–H groups in total. The summed E-state index contributed by atoms with van der Waals surface area (Å²) in [6.07, 6.45) is 0.611.